The van der Waals surface area contributed by atoms with Gasteiger partial charge in [0, 0.05) is 13.0 Å². The Kier molecular flexibility index (Phi) is 3.90. The van der Waals surface area contributed by atoms with Crippen molar-refractivity contribution in [1.82, 2.24) is 0 Å². The number of rotatable bonds is 5. The molecule has 0 radical (unpaired) electrons. The van der Waals surface area contributed by atoms with Crippen LogP contribution in [-0.4, -0.2) is 23.9 Å². The van der Waals surface area contributed by atoms with E-state index in [1.54, 1.807) is 18.3 Å². The Morgan fingerprint density at radius 3 is 2.92 bits per heavy atom. The molecule has 1 unspecified atom stereocenters. The summed E-state index contributed by atoms with van der Waals surface area (Å²) in [7, 11) is 0. The van der Waals surface area contributed by atoms with Crippen molar-refractivity contribution in [1.29, 1.82) is 0 Å². The van der Waals surface area contributed by atoms with E-state index in [2.05, 4.69) is 5.38 Å². The highest BCUT2D eigenvalue weighted by atomic mass is 32.1. The topological polar surface area (TPSA) is 29.5 Å². The van der Waals surface area contributed by atoms with Gasteiger partial charge in [0.2, 0.25) is 0 Å². The van der Waals surface area contributed by atoms with Crippen molar-refractivity contribution in [2.24, 2.45) is 0 Å². The molecule has 1 atom stereocenters. The SMILES string of the molecule is CCOCC(C)(O)Cc1ccsc1. The average molecular weight is 200 g/mol. The van der Waals surface area contributed by atoms with E-state index < -0.39 is 5.60 Å². The first-order chi connectivity index (χ1) is 6.14. The zero-order chi connectivity index (χ0) is 9.73. The molecule has 1 N–H and O–H groups in total. The average Bonchev–Trinajstić information content (AvgIpc) is 2.52. The summed E-state index contributed by atoms with van der Waals surface area (Å²) in [5.41, 5.74) is 0.437. The van der Waals surface area contributed by atoms with Crippen LogP contribution < -0.4 is 0 Å². The van der Waals surface area contributed by atoms with Gasteiger partial charge in [-0.1, -0.05) is 0 Å². The van der Waals surface area contributed by atoms with Crippen molar-refractivity contribution in [2.75, 3.05) is 13.2 Å². The summed E-state index contributed by atoms with van der Waals surface area (Å²) >= 11 is 1.65. The summed E-state index contributed by atoms with van der Waals surface area (Å²) < 4.78 is 5.20. The second-order valence-corrected chi connectivity index (χ2v) is 4.22. The Labute approximate surface area is 83.2 Å². The second-order valence-electron chi connectivity index (χ2n) is 3.44. The highest BCUT2D eigenvalue weighted by molar-refractivity contribution is 7.07. The van der Waals surface area contributed by atoms with Crippen LogP contribution in [0.25, 0.3) is 0 Å². The van der Waals surface area contributed by atoms with Gasteiger partial charge in [0.15, 0.2) is 0 Å². The van der Waals surface area contributed by atoms with Gasteiger partial charge in [-0.05, 0) is 36.2 Å². The number of aliphatic hydroxyl groups is 1. The summed E-state index contributed by atoms with van der Waals surface area (Å²) in [6.45, 7) is 4.79. The third-order valence-electron chi connectivity index (χ3n) is 1.78. The van der Waals surface area contributed by atoms with E-state index in [9.17, 15) is 5.11 Å². The molecular formula is C10H16O2S. The molecule has 1 aromatic rings. The van der Waals surface area contributed by atoms with Crippen molar-refractivity contribution in [3.05, 3.63) is 22.4 Å². The first-order valence-electron chi connectivity index (χ1n) is 4.45. The molecule has 1 rings (SSSR count). The lowest BCUT2D eigenvalue weighted by Crippen LogP contribution is -2.33. The Morgan fingerprint density at radius 2 is 2.38 bits per heavy atom. The molecule has 0 bridgehead atoms. The van der Waals surface area contributed by atoms with Crippen LogP contribution in [0, 0.1) is 0 Å². The molecule has 0 aliphatic heterocycles. The number of ether oxygens (including phenoxy) is 1. The van der Waals surface area contributed by atoms with Crippen LogP contribution in [0.4, 0.5) is 0 Å². The fourth-order valence-electron chi connectivity index (χ4n) is 1.21. The third-order valence-corrected chi connectivity index (χ3v) is 2.51. The minimum atomic E-state index is -0.739. The molecule has 3 heteroatoms. The summed E-state index contributed by atoms with van der Waals surface area (Å²) in [6.07, 6.45) is 0.663. The van der Waals surface area contributed by atoms with Gasteiger partial charge in [-0.3, -0.25) is 0 Å². The van der Waals surface area contributed by atoms with Crippen molar-refractivity contribution in [3.63, 3.8) is 0 Å². The lowest BCUT2D eigenvalue weighted by atomic mass is 10.00. The Balaban J connectivity index is 2.42. The van der Waals surface area contributed by atoms with E-state index in [1.807, 2.05) is 18.4 Å². The Morgan fingerprint density at radius 1 is 1.62 bits per heavy atom. The van der Waals surface area contributed by atoms with Crippen molar-refractivity contribution < 1.29 is 9.84 Å². The third kappa shape index (κ3) is 3.89. The molecule has 0 spiro atoms. The van der Waals surface area contributed by atoms with E-state index in [0.717, 1.165) is 0 Å². The summed E-state index contributed by atoms with van der Waals surface area (Å²) in [4.78, 5) is 0. The zero-order valence-corrected chi connectivity index (χ0v) is 8.93. The van der Waals surface area contributed by atoms with Gasteiger partial charge in [0.05, 0.1) is 12.2 Å². The van der Waals surface area contributed by atoms with Gasteiger partial charge in [0.1, 0.15) is 0 Å². The van der Waals surface area contributed by atoms with Crippen LogP contribution in [0.15, 0.2) is 16.8 Å². The monoisotopic (exact) mass is 200 g/mol. The van der Waals surface area contributed by atoms with E-state index in [4.69, 9.17) is 4.74 Å². The van der Waals surface area contributed by atoms with Crippen molar-refractivity contribution in [2.45, 2.75) is 25.9 Å². The highest BCUT2D eigenvalue weighted by Crippen LogP contribution is 2.15. The highest BCUT2D eigenvalue weighted by Gasteiger charge is 2.20. The lowest BCUT2D eigenvalue weighted by molar-refractivity contribution is -0.0296. The molecule has 0 saturated heterocycles. The predicted octanol–water partition coefficient (Wildman–Crippen LogP) is 2.08. The molecule has 74 valence electrons. The molecule has 0 saturated carbocycles. The maximum absolute atomic E-state index is 9.90. The molecule has 0 fully saturated rings. The quantitative estimate of drug-likeness (QED) is 0.788. The van der Waals surface area contributed by atoms with Crippen LogP contribution >= 0.6 is 11.3 Å². The van der Waals surface area contributed by atoms with Crippen LogP contribution in [0.1, 0.15) is 19.4 Å². The Hall–Kier alpha value is -0.380. The molecule has 1 aromatic heterocycles. The zero-order valence-electron chi connectivity index (χ0n) is 8.12. The Bertz CT molecular complexity index is 229. The fourth-order valence-corrected chi connectivity index (χ4v) is 1.87. The number of hydrogen-bond acceptors (Lipinski definition) is 3. The van der Waals surface area contributed by atoms with Crippen LogP contribution in [0.2, 0.25) is 0 Å². The first-order valence-corrected chi connectivity index (χ1v) is 5.39. The second kappa shape index (κ2) is 4.74. The largest absolute Gasteiger partial charge is 0.387 e. The molecule has 0 amide bonds. The van der Waals surface area contributed by atoms with Crippen LogP contribution in [-0.2, 0) is 11.2 Å². The number of thiophene rings is 1. The molecule has 13 heavy (non-hydrogen) atoms. The first kappa shape index (κ1) is 10.7. The normalized spacial score (nSPS) is 15.6. The molecular weight excluding hydrogens is 184 g/mol. The predicted molar refractivity (Wildman–Crippen MR) is 55.1 cm³/mol. The summed E-state index contributed by atoms with van der Waals surface area (Å²) in [5, 5.41) is 14.0. The van der Waals surface area contributed by atoms with E-state index >= 15 is 0 Å². The van der Waals surface area contributed by atoms with Crippen molar-refractivity contribution >= 4 is 11.3 Å². The van der Waals surface area contributed by atoms with Crippen LogP contribution in [0.5, 0.6) is 0 Å². The van der Waals surface area contributed by atoms with Gasteiger partial charge in [-0.25, -0.2) is 0 Å². The van der Waals surface area contributed by atoms with Crippen LogP contribution in [0.3, 0.4) is 0 Å². The van der Waals surface area contributed by atoms with Gasteiger partial charge < -0.3 is 9.84 Å². The van der Waals surface area contributed by atoms with Crippen molar-refractivity contribution in [3.8, 4) is 0 Å². The molecule has 1 heterocycles. The standard InChI is InChI=1S/C10H16O2S/c1-3-12-8-10(2,11)6-9-4-5-13-7-9/h4-5,7,11H,3,6,8H2,1-2H3. The summed E-state index contributed by atoms with van der Waals surface area (Å²) in [5.74, 6) is 0. The van der Waals surface area contributed by atoms with E-state index in [0.29, 0.717) is 19.6 Å². The molecule has 2 nitrogen and oxygen atoms in total. The number of hydrogen-bond donors (Lipinski definition) is 1. The van der Waals surface area contributed by atoms with Gasteiger partial charge in [-0.15, -0.1) is 0 Å². The van der Waals surface area contributed by atoms with E-state index in [1.165, 1.54) is 5.56 Å². The maximum Gasteiger partial charge on any atom is 0.0892 e. The van der Waals surface area contributed by atoms with E-state index in [-0.39, 0.29) is 0 Å². The maximum atomic E-state index is 9.90. The van der Waals surface area contributed by atoms with Gasteiger partial charge >= 0.3 is 0 Å². The fraction of sp³-hybridized carbons (Fsp3) is 0.600. The minimum absolute atomic E-state index is 0.402. The molecule has 0 aromatic carbocycles. The minimum Gasteiger partial charge on any atom is -0.387 e. The smallest absolute Gasteiger partial charge is 0.0892 e. The van der Waals surface area contributed by atoms with Gasteiger partial charge in [-0.2, -0.15) is 11.3 Å². The molecule has 0 aliphatic rings. The summed E-state index contributed by atoms with van der Waals surface area (Å²) in [6, 6.07) is 2.03. The van der Waals surface area contributed by atoms with Gasteiger partial charge in [0.25, 0.3) is 0 Å². The molecule has 0 aliphatic carbocycles. The lowest BCUT2D eigenvalue weighted by Gasteiger charge is -2.22.